The molecule has 2 aromatic rings. The van der Waals surface area contributed by atoms with Crippen LogP contribution >= 0.6 is 11.6 Å². The zero-order chi connectivity index (χ0) is 20.1. The molecule has 4 rings (SSSR count). The third-order valence-electron chi connectivity index (χ3n) is 4.50. The van der Waals surface area contributed by atoms with Gasteiger partial charge in [-0.05, 0) is 11.6 Å². The Balaban J connectivity index is 1.63. The molecule has 0 aliphatic carbocycles. The minimum atomic E-state index is -4.61. The van der Waals surface area contributed by atoms with Crippen LogP contribution in [-0.4, -0.2) is 33.5 Å². The van der Waals surface area contributed by atoms with Gasteiger partial charge in [0.2, 0.25) is 12.0 Å². The quantitative estimate of drug-likeness (QED) is 0.730. The molecule has 1 aromatic heterocycles. The second-order valence-corrected chi connectivity index (χ2v) is 6.69. The highest BCUT2D eigenvalue weighted by molar-refractivity contribution is 6.35. The van der Waals surface area contributed by atoms with Gasteiger partial charge in [0.1, 0.15) is 17.3 Å². The highest BCUT2D eigenvalue weighted by atomic mass is 35.5. The predicted octanol–water partition coefficient (Wildman–Crippen LogP) is 3.04. The van der Waals surface area contributed by atoms with Crippen molar-refractivity contribution in [3.63, 3.8) is 0 Å². The Morgan fingerprint density at radius 1 is 1.14 bits per heavy atom. The minimum absolute atomic E-state index is 0.0519. The number of alkyl halides is 3. The fraction of sp³-hybridized carbons (Fsp3) is 0.222. The highest BCUT2D eigenvalue weighted by Gasteiger charge is 2.56. The SMILES string of the molecule is O=C1[C@H]2C(c3ncc(C(F)(F)F)cc3Cl)=NO[C@@H]2C(=O)N1Cc1ccccc1. The number of carbonyl (C=O) groups excluding carboxylic acids is 2. The standard InChI is InChI=1S/C18H11ClF3N3O3/c19-11-6-10(18(20,21)22)7-23-13(11)14-12-15(28-24-14)17(27)25(16(12)26)8-9-4-2-1-3-5-9/h1-7,12,15H,8H2/t12-,15-/m0/s1. The molecule has 1 aromatic carbocycles. The summed E-state index contributed by atoms with van der Waals surface area (Å²) in [6, 6.07) is 9.57. The third-order valence-corrected chi connectivity index (χ3v) is 4.79. The summed E-state index contributed by atoms with van der Waals surface area (Å²) in [7, 11) is 0. The second-order valence-electron chi connectivity index (χ2n) is 6.28. The summed E-state index contributed by atoms with van der Waals surface area (Å²) in [5.41, 5.74) is -0.465. The van der Waals surface area contributed by atoms with Gasteiger partial charge in [-0.3, -0.25) is 19.5 Å². The lowest BCUT2D eigenvalue weighted by Gasteiger charge is -2.15. The van der Waals surface area contributed by atoms with E-state index in [0.717, 1.165) is 10.5 Å². The van der Waals surface area contributed by atoms with Crippen molar-refractivity contribution in [2.45, 2.75) is 18.8 Å². The molecule has 1 saturated heterocycles. The fourth-order valence-electron chi connectivity index (χ4n) is 3.13. The number of rotatable bonds is 3. The van der Waals surface area contributed by atoms with E-state index >= 15 is 0 Å². The van der Waals surface area contributed by atoms with E-state index in [1.54, 1.807) is 30.3 Å². The van der Waals surface area contributed by atoms with E-state index in [1.165, 1.54) is 0 Å². The highest BCUT2D eigenvalue weighted by Crippen LogP contribution is 2.36. The third kappa shape index (κ3) is 3.01. The van der Waals surface area contributed by atoms with Crippen LogP contribution in [0, 0.1) is 5.92 Å². The molecule has 2 atom stereocenters. The van der Waals surface area contributed by atoms with Gasteiger partial charge in [-0.2, -0.15) is 13.2 Å². The topological polar surface area (TPSA) is 71.9 Å². The van der Waals surface area contributed by atoms with Crippen LogP contribution in [0.15, 0.2) is 47.8 Å². The average Bonchev–Trinajstić information content (AvgIpc) is 3.18. The largest absolute Gasteiger partial charge is 0.417 e. The van der Waals surface area contributed by atoms with Crippen LogP contribution in [0.25, 0.3) is 0 Å². The maximum Gasteiger partial charge on any atom is 0.417 e. The summed E-state index contributed by atoms with van der Waals surface area (Å²) in [6.07, 6.45) is -5.19. The van der Waals surface area contributed by atoms with Crippen molar-refractivity contribution < 1.29 is 27.6 Å². The first-order valence-electron chi connectivity index (χ1n) is 8.13. The number of imide groups is 1. The fourth-order valence-corrected chi connectivity index (χ4v) is 3.40. The molecule has 0 spiro atoms. The van der Waals surface area contributed by atoms with Crippen LogP contribution in [0.2, 0.25) is 5.02 Å². The molecule has 2 aliphatic heterocycles. The number of likely N-dealkylation sites (tertiary alicyclic amines) is 1. The van der Waals surface area contributed by atoms with Gasteiger partial charge in [0, 0.05) is 6.20 Å². The molecule has 0 bridgehead atoms. The van der Waals surface area contributed by atoms with E-state index in [2.05, 4.69) is 10.1 Å². The molecule has 2 aliphatic rings. The van der Waals surface area contributed by atoms with E-state index < -0.39 is 35.6 Å². The average molecular weight is 410 g/mol. The summed E-state index contributed by atoms with van der Waals surface area (Å²) in [4.78, 5) is 35.2. The number of amides is 2. The molecule has 10 heteroatoms. The van der Waals surface area contributed by atoms with Crippen LogP contribution in [0.3, 0.4) is 0 Å². The second kappa shape index (κ2) is 6.59. The van der Waals surface area contributed by atoms with Crippen molar-refractivity contribution in [2.75, 3.05) is 0 Å². The Hall–Kier alpha value is -2.94. The first-order valence-corrected chi connectivity index (χ1v) is 8.51. The zero-order valence-electron chi connectivity index (χ0n) is 14.0. The van der Waals surface area contributed by atoms with Gasteiger partial charge < -0.3 is 4.84 Å². The number of carbonyl (C=O) groups is 2. The maximum atomic E-state index is 12.8. The van der Waals surface area contributed by atoms with Gasteiger partial charge >= 0.3 is 6.18 Å². The number of aromatic nitrogens is 1. The summed E-state index contributed by atoms with van der Waals surface area (Å²) in [6.45, 7) is 0.0519. The number of halogens is 4. The molecule has 0 unspecified atom stereocenters. The van der Waals surface area contributed by atoms with Crippen molar-refractivity contribution in [3.05, 3.63) is 64.4 Å². The summed E-state index contributed by atoms with van der Waals surface area (Å²) in [5, 5.41) is 3.37. The van der Waals surface area contributed by atoms with Crippen LogP contribution in [-0.2, 0) is 27.1 Å². The number of nitrogens with zero attached hydrogens (tertiary/aromatic N) is 3. The van der Waals surface area contributed by atoms with Gasteiger partial charge in [0.05, 0.1) is 17.1 Å². The molecule has 0 radical (unpaired) electrons. The van der Waals surface area contributed by atoms with Crippen molar-refractivity contribution in [2.24, 2.45) is 11.1 Å². The molecule has 28 heavy (non-hydrogen) atoms. The number of hydrogen-bond donors (Lipinski definition) is 0. The first kappa shape index (κ1) is 18.4. The summed E-state index contributed by atoms with van der Waals surface area (Å²) < 4.78 is 38.4. The van der Waals surface area contributed by atoms with Gasteiger partial charge in [-0.25, -0.2) is 0 Å². The van der Waals surface area contributed by atoms with Crippen molar-refractivity contribution in [1.29, 1.82) is 0 Å². The zero-order valence-corrected chi connectivity index (χ0v) is 14.7. The molecule has 0 saturated carbocycles. The van der Waals surface area contributed by atoms with E-state index in [0.29, 0.717) is 12.3 Å². The van der Waals surface area contributed by atoms with Crippen LogP contribution < -0.4 is 0 Å². The molecule has 144 valence electrons. The van der Waals surface area contributed by atoms with Crippen molar-refractivity contribution in [3.8, 4) is 0 Å². The van der Waals surface area contributed by atoms with E-state index in [1.807, 2.05) is 0 Å². The molecule has 0 N–H and O–H groups in total. The van der Waals surface area contributed by atoms with E-state index in [4.69, 9.17) is 16.4 Å². The predicted molar refractivity (Wildman–Crippen MR) is 91.1 cm³/mol. The van der Waals surface area contributed by atoms with Gasteiger partial charge in [0.15, 0.2) is 0 Å². The Labute approximate surface area is 161 Å². The monoisotopic (exact) mass is 409 g/mol. The Morgan fingerprint density at radius 3 is 2.50 bits per heavy atom. The number of pyridine rings is 1. The normalized spacial score (nSPS) is 21.6. The number of hydrogen-bond acceptors (Lipinski definition) is 5. The smallest absolute Gasteiger partial charge is 0.381 e. The van der Waals surface area contributed by atoms with Crippen LogP contribution in [0.1, 0.15) is 16.8 Å². The Morgan fingerprint density at radius 2 is 1.86 bits per heavy atom. The Kier molecular flexibility index (Phi) is 4.34. The van der Waals surface area contributed by atoms with E-state index in [9.17, 15) is 22.8 Å². The molecule has 1 fully saturated rings. The molecular formula is C18H11ClF3N3O3. The lowest BCUT2D eigenvalue weighted by molar-refractivity contribution is -0.143. The summed E-state index contributed by atoms with van der Waals surface area (Å²) >= 11 is 5.95. The van der Waals surface area contributed by atoms with Gasteiger partial charge in [0.25, 0.3) is 5.91 Å². The summed E-state index contributed by atoms with van der Waals surface area (Å²) in [5.74, 6) is -2.23. The van der Waals surface area contributed by atoms with Crippen LogP contribution in [0.4, 0.5) is 13.2 Å². The molecule has 2 amide bonds. The van der Waals surface area contributed by atoms with Gasteiger partial charge in [-0.15, -0.1) is 0 Å². The van der Waals surface area contributed by atoms with Gasteiger partial charge in [-0.1, -0.05) is 47.1 Å². The number of fused-ring (bicyclic) bond motifs is 1. The molecule has 3 heterocycles. The van der Waals surface area contributed by atoms with Crippen molar-refractivity contribution in [1.82, 2.24) is 9.88 Å². The lowest BCUT2D eigenvalue weighted by atomic mass is 9.96. The minimum Gasteiger partial charge on any atom is -0.381 e. The van der Waals surface area contributed by atoms with E-state index in [-0.39, 0.29) is 23.0 Å². The molecule has 6 nitrogen and oxygen atoms in total. The number of oxime groups is 1. The maximum absolute atomic E-state index is 12.8. The Bertz CT molecular complexity index is 995. The van der Waals surface area contributed by atoms with Crippen molar-refractivity contribution >= 4 is 29.1 Å². The number of benzene rings is 1. The first-order chi connectivity index (χ1) is 13.3. The lowest BCUT2D eigenvalue weighted by Crippen LogP contribution is -2.32. The molecular weight excluding hydrogens is 399 g/mol. The van der Waals surface area contributed by atoms with Crippen LogP contribution in [0.5, 0.6) is 0 Å².